The molecule has 0 aromatic carbocycles. The van der Waals surface area contributed by atoms with E-state index in [9.17, 15) is 4.79 Å². The first kappa shape index (κ1) is 16.4. The van der Waals surface area contributed by atoms with E-state index in [1.54, 1.807) is 0 Å². The number of fused-ring (bicyclic) bond motifs is 2. The molecule has 132 valence electrons. The van der Waals surface area contributed by atoms with Crippen molar-refractivity contribution in [3.05, 3.63) is 0 Å². The van der Waals surface area contributed by atoms with Gasteiger partial charge in [-0.05, 0) is 67.2 Å². The fourth-order valence-electron chi connectivity index (χ4n) is 5.10. The van der Waals surface area contributed by atoms with E-state index in [0.717, 1.165) is 29.8 Å². The molecule has 0 spiro atoms. The van der Waals surface area contributed by atoms with E-state index in [1.807, 2.05) is 4.68 Å². The zero-order valence-electron chi connectivity index (χ0n) is 14.4. The molecule has 1 amide bonds. The number of rotatable bonds is 6. The number of carbonyl (C=O) groups is 1. The molecule has 1 aromatic heterocycles. The van der Waals surface area contributed by atoms with E-state index in [4.69, 9.17) is 0 Å². The largest absolute Gasteiger partial charge is 0.353 e. The first-order valence-electron chi connectivity index (χ1n) is 9.40. The second-order valence-electron chi connectivity index (χ2n) is 7.83. The van der Waals surface area contributed by atoms with Crippen LogP contribution in [0.4, 0.5) is 0 Å². The van der Waals surface area contributed by atoms with Crippen LogP contribution in [0.2, 0.25) is 0 Å². The van der Waals surface area contributed by atoms with Gasteiger partial charge in [0, 0.05) is 6.04 Å². The van der Waals surface area contributed by atoms with Crippen LogP contribution in [-0.2, 0) is 4.79 Å². The summed E-state index contributed by atoms with van der Waals surface area (Å²) in [6, 6.07) is 0.706. The summed E-state index contributed by atoms with van der Waals surface area (Å²) in [7, 11) is 0. The zero-order chi connectivity index (χ0) is 16.5. The Morgan fingerprint density at radius 3 is 2.83 bits per heavy atom. The Hall–Kier alpha value is -1.11. The minimum Gasteiger partial charge on any atom is -0.353 e. The molecule has 3 saturated carbocycles. The maximum absolute atomic E-state index is 12.3. The van der Waals surface area contributed by atoms with Crippen LogP contribution in [0.15, 0.2) is 5.16 Å². The van der Waals surface area contributed by atoms with Crippen molar-refractivity contribution in [2.45, 2.75) is 75.5 Å². The van der Waals surface area contributed by atoms with Crippen molar-refractivity contribution in [2.24, 2.45) is 17.8 Å². The lowest BCUT2D eigenvalue weighted by molar-refractivity contribution is -0.119. The SMILES string of the molecule is C[C@@H](NC(=O)CSc1nnnn1C1CCCC1)[C@H]1C[C@H]2CC[C@H]1C2. The fourth-order valence-corrected chi connectivity index (χ4v) is 5.85. The normalized spacial score (nSPS) is 30.8. The lowest BCUT2D eigenvalue weighted by atomic mass is 9.84. The maximum Gasteiger partial charge on any atom is 0.230 e. The highest BCUT2D eigenvalue weighted by Gasteiger charge is 2.42. The van der Waals surface area contributed by atoms with Gasteiger partial charge >= 0.3 is 0 Å². The quantitative estimate of drug-likeness (QED) is 0.800. The molecule has 3 aliphatic rings. The first-order chi connectivity index (χ1) is 11.7. The van der Waals surface area contributed by atoms with Crippen molar-refractivity contribution < 1.29 is 4.79 Å². The van der Waals surface area contributed by atoms with Crippen molar-refractivity contribution in [2.75, 3.05) is 5.75 Å². The Labute approximate surface area is 147 Å². The third-order valence-corrected chi connectivity index (χ3v) is 7.22. The first-order valence-corrected chi connectivity index (χ1v) is 10.4. The number of amides is 1. The number of hydrogen-bond donors (Lipinski definition) is 1. The van der Waals surface area contributed by atoms with Gasteiger partial charge in [0.1, 0.15) is 0 Å². The van der Waals surface area contributed by atoms with Gasteiger partial charge in [-0.2, -0.15) is 0 Å². The zero-order valence-corrected chi connectivity index (χ0v) is 15.2. The summed E-state index contributed by atoms with van der Waals surface area (Å²) >= 11 is 1.46. The lowest BCUT2D eigenvalue weighted by Gasteiger charge is -2.28. The van der Waals surface area contributed by atoms with Gasteiger partial charge in [0.25, 0.3) is 0 Å². The molecule has 0 aliphatic heterocycles. The van der Waals surface area contributed by atoms with Crippen molar-refractivity contribution in [1.29, 1.82) is 0 Å². The van der Waals surface area contributed by atoms with Crippen LogP contribution in [0, 0.1) is 17.8 Å². The van der Waals surface area contributed by atoms with Crippen molar-refractivity contribution in [3.63, 3.8) is 0 Å². The van der Waals surface area contributed by atoms with Crippen molar-refractivity contribution >= 4 is 17.7 Å². The molecule has 1 N–H and O–H groups in total. The summed E-state index contributed by atoms with van der Waals surface area (Å²) in [4.78, 5) is 12.3. The van der Waals surface area contributed by atoms with Gasteiger partial charge in [0.15, 0.2) is 0 Å². The summed E-state index contributed by atoms with van der Waals surface area (Å²) in [5, 5.41) is 16.0. The average Bonchev–Trinajstić information content (AvgIpc) is 3.36. The molecule has 1 heterocycles. The number of nitrogens with one attached hydrogen (secondary N) is 1. The van der Waals surface area contributed by atoms with Crippen LogP contribution >= 0.6 is 11.8 Å². The minimum absolute atomic E-state index is 0.108. The van der Waals surface area contributed by atoms with E-state index in [-0.39, 0.29) is 5.91 Å². The second-order valence-corrected chi connectivity index (χ2v) is 8.77. The molecule has 3 fully saturated rings. The molecule has 3 aliphatic carbocycles. The van der Waals surface area contributed by atoms with E-state index >= 15 is 0 Å². The number of thioether (sulfide) groups is 1. The Morgan fingerprint density at radius 2 is 2.12 bits per heavy atom. The standard InChI is InChI=1S/C17H27N5OS/c1-11(15-9-12-6-7-13(15)8-12)18-16(23)10-24-17-19-20-21-22(17)14-4-2-3-5-14/h11-15H,2-10H2,1H3,(H,18,23)/t11-,12+,13+,15-/m1/s1. The average molecular weight is 350 g/mol. The molecule has 4 atom stereocenters. The van der Waals surface area contributed by atoms with Gasteiger partial charge < -0.3 is 5.32 Å². The van der Waals surface area contributed by atoms with Crippen LogP contribution < -0.4 is 5.32 Å². The molecule has 2 bridgehead atoms. The van der Waals surface area contributed by atoms with Gasteiger partial charge in [0.2, 0.25) is 11.1 Å². The molecule has 6 nitrogen and oxygen atoms in total. The molecule has 24 heavy (non-hydrogen) atoms. The predicted octanol–water partition coefficient (Wildman–Crippen LogP) is 2.82. The Morgan fingerprint density at radius 1 is 1.29 bits per heavy atom. The summed E-state index contributed by atoms with van der Waals surface area (Å²) in [6.07, 6.45) is 10.2. The summed E-state index contributed by atoms with van der Waals surface area (Å²) in [5.74, 6) is 2.95. The number of hydrogen-bond acceptors (Lipinski definition) is 5. The number of carbonyl (C=O) groups excluding carboxylic acids is 1. The highest BCUT2D eigenvalue weighted by atomic mass is 32.2. The van der Waals surface area contributed by atoms with Crippen LogP contribution in [0.3, 0.4) is 0 Å². The number of nitrogens with zero attached hydrogens (tertiary/aromatic N) is 4. The molecule has 1 aromatic rings. The van der Waals surface area contributed by atoms with Gasteiger partial charge in [0.05, 0.1) is 11.8 Å². The Kier molecular flexibility index (Phi) is 4.79. The highest BCUT2D eigenvalue weighted by Crippen LogP contribution is 2.49. The molecule has 0 radical (unpaired) electrons. The van der Waals surface area contributed by atoms with E-state index in [2.05, 4.69) is 27.8 Å². The summed E-state index contributed by atoms with van der Waals surface area (Å²) in [6.45, 7) is 2.18. The van der Waals surface area contributed by atoms with Crippen LogP contribution in [-0.4, -0.2) is 37.9 Å². The van der Waals surface area contributed by atoms with Gasteiger partial charge in [-0.3, -0.25) is 4.79 Å². The number of aromatic nitrogens is 4. The third-order valence-electron chi connectivity index (χ3n) is 6.29. The molecular weight excluding hydrogens is 322 g/mol. The van der Waals surface area contributed by atoms with Crippen molar-refractivity contribution in [3.8, 4) is 0 Å². The van der Waals surface area contributed by atoms with Crippen LogP contribution in [0.1, 0.15) is 64.3 Å². The van der Waals surface area contributed by atoms with Gasteiger partial charge in [-0.1, -0.05) is 31.0 Å². The lowest BCUT2D eigenvalue weighted by Crippen LogP contribution is -2.41. The van der Waals surface area contributed by atoms with E-state index < -0.39 is 0 Å². The number of tetrazole rings is 1. The van der Waals surface area contributed by atoms with Crippen LogP contribution in [0.25, 0.3) is 0 Å². The third kappa shape index (κ3) is 3.32. The summed E-state index contributed by atoms with van der Waals surface area (Å²) < 4.78 is 1.92. The Bertz CT molecular complexity index is 585. The molecule has 0 saturated heterocycles. The van der Waals surface area contributed by atoms with E-state index in [1.165, 1.54) is 50.3 Å². The predicted molar refractivity (Wildman–Crippen MR) is 92.6 cm³/mol. The van der Waals surface area contributed by atoms with Gasteiger partial charge in [-0.25, -0.2) is 4.68 Å². The monoisotopic (exact) mass is 349 g/mol. The summed E-state index contributed by atoms with van der Waals surface area (Å²) in [5.41, 5.74) is 0. The highest BCUT2D eigenvalue weighted by molar-refractivity contribution is 7.99. The smallest absolute Gasteiger partial charge is 0.230 e. The fraction of sp³-hybridized carbons (Fsp3) is 0.882. The molecular formula is C17H27N5OS. The molecule has 7 heteroatoms. The topological polar surface area (TPSA) is 72.7 Å². The van der Waals surface area contributed by atoms with Gasteiger partial charge in [-0.15, -0.1) is 5.10 Å². The minimum atomic E-state index is 0.108. The molecule has 0 unspecified atom stereocenters. The maximum atomic E-state index is 12.3. The van der Waals surface area contributed by atoms with E-state index in [0.29, 0.717) is 23.8 Å². The van der Waals surface area contributed by atoms with Crippen molar-refractivity contribution in [1.82, 2.24) is 25.5 Å². The Balaban J connectivity index is 1.27. The molecule has 4 rings (SSSR count). The van der Waals surface area contributed by atoms with Crippen LogP contribution in [0.5, 0.6) is 0 Å². The second kappa shape index (κ2) is 7.02.